The van der Waals surface area contributed by atoms with Crippen molar-refractivity contribution in [3.8, 4) is 0 Å². The lowest BCUT2D eigenvalue weighted by molar-refractivity contribution is 0.0942. The first kappa shape index (κ1) is 12.5. The molecule has 1 aromatic rings. The average molecular weight is 239 g/mol. The smallest absolute Gasteiger partial charge is 0.0847 e. The van der Waals surface area contributed by atoms with Crippen LogP contribution in [0.25, 0.3) is 0 Å². The molecule has 0 spiro atoms. The minimum absolute atomic E-state index is 0.0256. The number of ether oxygens (including phenoxy) is 1. The third-order valence-electron chi connectivity index (χ3n) is 3.36. The second-order valence-corrected chi connectivity index (χ2v) is 4.52. The number of piperidine rings is 1. The monoisotopic (exact) mass is 239 g/mol. The van der Waals surface area contributed by atoms with Gasteiger partial charge in [-0.2, -0.15) is 5.10 Å². The van der Waals surface area contributed by atoms with Crippen LogP contribution in [0.2, 0.25) is 0 Å². The highest BCUT2D eigenvalue weighted by Crippen LogP contribution is 2.29. The highest BCUT2D eigenvalue weighted by atomic mass is 16.5. The molecule has 0 aromatic carbocycles. The van der Waals surface area contributed by atoms with E-state index >= 15 is 0 Å². The zero-order valence-electron chi connectivity index (χ0n) is 10.4. The van der Waals surface area contributed by atoms with E-state index in [-0.39, 0.29) is 6.61 Å². The van der Waals surface area contributed by atoms with Crippen LogP contribution < -0.4 is 0 Å². The molecule has 2 rings (SSSR count). The van der Waals surface area contributed by atoms with E-state index in [1.165, 1.54) is 12.8 Å². The van der Waals surface area contributed by atoms with Crippen LogP contribution in [0, 0.1) is 0 Å². The van der Waals surface area contributed by atoms with Gasteiger partial charge in [0.25, 0.3) is 0 Å². The van der Waals surface area contributed by atoms with Gasteiger partial charge in [0.2, 0.25) is 0 Å². The molecule has 17 heavy (non-hydrogen) atoms. The van der Waals surface area contributed by atoms with Crippen molar-refractivity contribution in [2.75, 3.05) is 26.8 Å². The number of aromatic nitrogens is 2. The second kappa shape index (κ2) is 6.14. The van der Waals surface area contributed by atoms with Crippen LogP contribution in [0.5, 0.6) is 0 Å². The lowest BCUT2D eigenvalue weighted by Gasteiger charge is -2.34. The Morgan fingerprint density at radius 3 is 3.18 bits per heavy atom. The van der Waals surface area contributed by atoms with E-state index < -0.39 is 0 Å². The van der Waals surface area contributed by atoms with Gasteiger partial charge in [-0.15, -0.1) is 0 Å². The summed E-state index contributed by atoms with van der Waals surface area (Å²) in [6.45, 7) is 2.84. The number of aliphatic hydroxyl groups excluding tert-OH is 1. The number of hydrogen-bond acceptors (Lipinski definition) is 4. The molecule has 0 amide bonds. The summed E-state index contributed by atoms with van der Waals surface area (Å²) in [5.74, 6) is 0. The number of likely N-dealkylation sites (tertiary alicyclic amines) is 1. The van der Waals surface area contributed by atoms with Crippen LogP contribution in [-0.4, -0.2) is 47.0 Å². The van der Waals surface area contributed by atoms with Gasteiger partial charge < -0.3 is 9.84 Å². The molecule has 0 unspecified atom stereocenters. The number of hydrogen-bond donors (Lipinski definition) is 2. The van der Waals surface area contributed by atoms with Crippen molar-refractivity contribution in [2.45, 2.75) is 31.9 Å². The Balaban J connectivity index is 2.04. The largest absolute Gasteiger partial charge is 0.390 e. The molecule has 96 valence electrons. The Morgan fingerprint density at radius 2 is 2.47 bits per heavy atom. The quantitative estimate of drug-likeness (QED) is 0.807. The molecular weight excluding hydrogens is 218 g/mol. The molecule has 5 heteroatoms. The number of aliphatic hydroxyl groups is 1. The topological polar surface area (TPSA) is 61.4 Å². The molecule has 2 heterocycles. The van der Waals surface area contributed by atoms with E-state index in [0.29, 0.717) is 6.04 Å². The zero-order chi connectivity index (χ0) is 12.1. The van der Waals surface area contributed by atoms with Gasteiger partial charge in [-0.05, 0) is 25.5 Å². The predicted molar refractivity (Wildman–Crippen MR) is 64.6 cm³/mol. The van der Waals surface area contributed by atoms with E-state index in [9.17, 15) is 0 Å². The Kier molecular flexibility index (Phi) is 4.53. The van der Waals surface area contributed by atoms with Crippen molar-refractivity contribution < 1.29 is 9.84 Å². The lowest BCUT2D eigenvalue weighted by Crippen LogP contribution is -2.36. The number of aromatic amines is 1. The third-order valence-corrected chi connectivity index (χ3v) is 3.36. The molecule has 2 N–H and O–H groups in total. The van der Waals surface area contributed by atoms with Crippen LogP contribution in [0.15, 0.2) is 6.07 Å². The van der Waals surface area contributed by atoms with Crippen LogP contribution in [0.1, 0.15) is 36.7 Å². The van der Waals surface area contributed by atoms with Gasteiger partial charge in [0, 0.05) is 13.7 Å². The van der Waals surface area contributed by atoms with Gasteiger partial charge in [0.1, 0.15) is 0 Å². The summed E-state index contributed by atoms with van der Waals surface area (Å²) < 4.78 is 5.15. The summed E-state index contributed by atoms with van der Waals surface area (Å²) in [6.07, 6.45) is 3.63. The first-order valence-corrected chi connectivity index (χ1v) is 6.23. The van der Waals surface area contributed by atoms with Gasteiger partial charge >= 0.3 is 0 Å². The Hall–Kier alpha value is -0.910. The van der Waals surface area contributed by atoms with Crippen LogP contribution in [-0.2, 0) is 11.3 Å². The minimum atomic E-state index is 0.0256. The van der Waals surface area contributed by atoms with Crippen molar-refractivity contribution in [2.24, 2.45) is 0 Å². The molecule has 1 aliphatic rings. The lowest BCUT2D eigenvalue weighted by atomic mass is 9.99. The number of nitrogens with zero attached hydrogens (tertiary/aromatic N) is 2. The third kappa shape index (κ3) is 3.06. The number of methoxy groups -OCH3 is 1. The van der Waals surface area contributed by atoms with Crippen molar-refractivity contribution in [3.05, 3.63) is 17.5 Å². The Morgan fingerprint density at radius 1 is 1.59 bits per heavy atom. The van der Waals surface area contributed by atoms with Crippen LogP contribution in [0.3, 0.4) is 0 Å². The molecule has 0 saturated carbocycles. The minimum Gasteiger partial charge on any atom is -0.390 e. The van der Waals surface area contributed by atoms with Gasteiger partial charge in [0.15, 0.2) is 0 Å². The normalized spacial score (nSPS) is 21.9. The van der Waals surface area contributed by atoms with E-state index in [0.717, 1.165) is 37.5 Å². The number of H-pyrrole nitrogens is 1. The molecule has 5 nitrogen and oxygen atoms in total. The van der Waals surface area contributed by atoms with Crippen molar-refractivity contribution in [1.29, 1.82) is 0 Å². The van der Waals surface area contributed by atoms with E-state index in [1.807, 2.05) is 6.07 Å². The van der Waals surface area contributed by atoms with Gasteiger partial charge in [-0.1, -0.05) is 6.42 Å². The van der Waals surface area contributed by atoms with Crippen molar-refractivity contribution in [1.82, 2.24) is 15.1 Å². The molecular formula is C12H21N3O2. The Labute approximate surface area is 102 Å². The van der Waals surface area contributed by atoms with E-state index in [1.54, 1.807) is 7.11 Å². The maximum Gasteiger partial charge on any atom is 0.0847 e. The van der Waals surface area contributed by atoms with Crippen molar-refractivity contribution >= 4 is 0 Å². The fourth-order valence-electron chi connectivity index (χ4n) is 2.43. The summed E-state index contributed by atoms with van der Waals surface area (Å²) in [6, 6.07) is 2.34. The molecule has 1 fully saturated rings. The summed E-state index contributed by atoms with van der Waals surface area (Å²) in [4.78, 5) is 2.42. The Bertz CT molecular complexity index is 340. The molecule has 1 aromatic heterocycles. The van der Waals surface area contributed by atoms with E-state index in [2.05, 4.69) is 15.1 Å². The van der Waals surface area contributed by atoms with Gasteiger partial charge in [0.05, 0.1) is 30.6 Å². The van der Waals surface area contributed by atoms with Gasteiger partial charge in [-0.3, -0.25) is 10.00 Å². The molecule has 0 aliphatic carbocycles. The summed E-state index contributed by atoms with van der Waals surface area (Å²) >= 11 is 0. The standard InChI is InChI=1S/C12H21N3O2/c1-17-7-6-15-5-3-2-4-12(15)11-8-10(9-16)13-14-11/h8,12,16H,2-7,9H2,1H3,(H,13,14)/t12-/m1/s1. The molecule has 1 saturated heterocycles. The molecule has 1 aliphatic heterocycles. The highest BCUT2D eigenvalue weighted by Gasteiger charge is 2.25. The summed E-state index contributed by atoms with van der Waals surface area (Å²) in [5.41, 5.74) is 1.84. The SMILES string of the molecule is COCCN1CCCC[C@@H]1c1cc(CO)[nH]n1. The van der Waals surface area contributed by atoms with E-state index in [4.69, 9.17) is 9.84 Å². The summed E-state index contributed by atoms with van der Waals surface area (Å²) in [7, 11) is 1.73. The second-order valence-electron chi connectivity index (χ2n) is 4.52. The number of rotatable bonds is 5. The van der Waals surface area contributed by atoms with Crippen LogP contribution in [0.4, 0.5) is 0 Å². The first-order chi connectivity index (χ1) is 8.35. The van der Waals surface area contributed by atoms with Crippen molar-refractivity contribution in [3.63, 3.8) is 0 Å². The highest BCUT2D eigenvalue weighted by molar-refractivity contribution is 5.12. The van der Waals surface area contributed by atoms with Crippen LogP contribution >= 0.6 is 0 Å². The average Bonchev–Trinajstić information content (AvgIpc) is 2.85. The zero-order valence-corrected chi connectivity index (χ0v) is 10.4. The maximum absolute atomic E-state index is 9.05. The molecule has 1 atom stereocenters. The fourth-order valence-corrected chi connectivity index (χ4v) is 2.43. The number of nitrogens with one attached hydrogen (secondary N) is 1. The van der Waals surface area contributed by atoms with Gasteiger partial charge in [-0.25, -0.2) is 0 Å². The summed E-state index contributed by atoms with van der Waals surface area (Å²) in [5, 5.41) is 16.2. The predicted octanol–water partition coefficient (Wildman–Crippen LogP) is 1.08. The fraction of sp³-hybridized carbons (Fsp3) is 0.750. The molecule has 0 bridgehead atoms. The maximum atomic E-state index is 9.05. The molecule has 0 radical (unpaired) electrons. The first-order valence-electron chi connectivity index (χ1n) is 6.23.